The van der Waals surface area contributed by atoms with Crippen LogP contribution in [-0.2, 0) is 4.79 Å². The highest BCUT2D eigenvalue weighted by Crippen LogP contribution is 2.34. The van der Waals surface area contributed by atoms with E-state index >= 15 is 0 Å². The Balaban J connectivity index is 1.47. The Morgan fingerprint density at radius 1 is 1.21 bits per heavy atom. The minimum Gasteiger partial charge on any atom is -0.497 e. The lowest BCUT2D eigenvalue weighted by atomic mass is 10.2. The summed E-state index contributed by atoms with van der Waals surface area (Å²) in [7, 11) is 1.63. The van der Waals surface area contributed by atoms with Crippen LogP contribution in [0.15, 0.2) is 53.4 Å². The molecule has 24 heavy (non-hydrogen) atoms. The number of ether oxygens (including phenoxy) is 1. The van der Waals surface area contributed by atoms with Crippen LogP contribution in [0.4, 0.5) is 11.4 Å². The van der Waals surface area contributed by atoms with E-state index in [1.54, 1.807) is 7.11 Å². The van der Waals surface area contributed by atoms with Crippen molar-refractivity contribution in [3.8, 4) is 5.75 Å². The topological polar surface area (TPSA) is 41.6 Å². The summed E-state index contributed by atoms with van der Waals surface area (Å²) in [6, 6.07) is 15.9. The van der Waals surface area contributed by atoms with Crippen molar-refractivity contribution < 1.29 is 9.53 Å². The molecule has 0 spiro atoms. The van der Waals surface area contributed by atoms with Gasteiger partial charge in [-0.1, -0.05) is 12.1 Å². The van der Waals surface area contributed by atoms with Crippen LogP contribution in [0.2, 0.25) is 0 Å². The molecule has 0 atom stereocenters. The standard InChI is InChI=1S/C19H22N2O2S/c1-23-16-10-8-15(9-11-16)20-19(22)7-4-12-21-13-14-24-18-6-3-2-5-17(18)21/h2-3,5-6,8-11H,4,7,12-14H2,1H3,(H,20,22). The van der Waals surface area contributed by atoms with Gasteiger partial charge in [0.1, 0.15) is 5.75 Å². The lowest BCUT2D eigenvalue weighted by Crippen LogP contribution is -2.30. The Morgan fingerprint density at radius 3 is 2.79 bits per heavy atom. The number of amides is 1. The Kier molecular flexibility index (Phi) is 5.64. The average Bonchev–Trinajstić information content (AvgIpc) is 2.62. The number of hydrogen-bond donors (Lipinski definition) is 1. The summed E-state index contributed by atoms with van der Waals surface area (Å²) in [6.45, 7) is 1.95. The number of methoxy groups -OCH3 is 1. The third-order valence-corrected chi connectivity index (χ3v) is 5.07. The van der Waals surface area contributed by atoms with Gasteiger partial charge >= 0.3 is 0 Å². The zero-order valence-electron chi connectivity index (χ0n) is 13.8. The van der Waals surface area contributed by atoms with Gasteiger partial charge in [0.15, 0.2) is 0 Å². The average molecular weight is 342 g/mol. The number of hydrogen-bond acceptors (Lipinski definition) is 4. The van der Waals surface area contributed by atoms with Crippen molar-refractivity contribution in [2.24, 2.45) is 0 Å². The highest BCUT2D eigenvalue weighted by Gasteiger charge is 2.16. The molecule has 1 N–H and O–H groups in total. The summed E-state index contributed by atoms with van der Waals surface area (Å²) >= 11 is 1.91. The predicted octanol–water partition coefficient (Wildman–Crippen LogP) is 4.03. The monoisotopic (exact) mass is 342 g/mol. The van der Waals surface area contributed by atoms with Crippen molar-refractivity contribution in [3.05, 3.63) is 48.5 Å². The molecule has 2 aromatic carbocycles. The summed E-state index contributed by atoms with van der Waals surface area (Å²) in [5.74, 6) is 1.95. The highest BCUT2D eigenvalue weighted by atomic mass is 32.2. The Hall–Kier alpha value is -2.14. The number of nitrogens with one attached hydrogen (secondary N) is 1. The minimum atomic E-state index is 0.0554. The number of para-hydroxylation sites is 1. The molecule has 0 radical (unpaired) electrons. The number of carbonyl (C=O) groups excluding carboxylic acids is 1. The van der Waals surface area contributed by atoms with Crippen LogP contribution in [-0.4, -0.2) is 31.9 Å². The van der Waals surface area contributed by atoms with Crippen LogP contribution in [0.3, 0.4) is 0 Å². The molecule has 0 bridgehead atoms. The fraction of sp³-hybridized carbons (Fsp3) is 0.316. The summed E-state index contributed by atoms with van der Waals surface area (Å²) in [5.41, 5.74) is 2.10. The van der Waals surface area contributed by atoms with E-state index in [4.69, 9.17) is 4.74 Å². The van der Waals surface area contributed by atoms with E-state index in [-0.39, 0.29) is 5.91 Å². The van der Waals surface area contributed by atoms with Gasteiger partial charge in [-0.15, -0.1) is 11.8 Å². The molecule has 0 saturated heterocycles. The second kappa shape index (κ2) is 8.11. The molecule has 0 aliphatic carbocycles. The first-order valence-electron chi connectivity index (χ1n) is 8.17. The molecule has 3 rings (SSSR count). The van der Waals surface area contributed by atoms with Crippen LogP contribution in [0, 0.1) is 0 Å². The molecule has 0 aromatic heterocycles. The molecular weight excluding hydrogens is 320 g/mol. The highest BCUT2D eigenvalue weighted by molar-refractivity contribution is 7.99. The predicted molar refractivity (Wildman–Crippen MR) is 100 cm³/mol. The molecule has 1 aliphatic heterocycles. The molecule has 5 heteroatoms. The molecule has 0 saturated carbocycles. The van der Waals surface area contributed by atoms with Crippen molar-refractivity contribution in [1.82, 2.24) is 0 Å². The molecule has 1 heterocycles. The molecular formula is C19H22N2O2S. The normalized spacial score (nSPS) is 13.3. The van der Waals surface area contributed by atoms with Crippen LogP contribution < -0.4 is 15.0 Å². The van der Waals surface area contributed by atoms with Crippen LogP contribution >= 0.6 is 11.8 Å². The van der Waals surface area contributed by atoms with Crippen molar-refractivity contribution in [2.75, 3.05) is 36.2 Å². The maximum Gasteiger partial charge on any atom is 0.224 e. The number of fused-ring (bicyclic) bond motifs is 1. The smallest absolute Gasteiger partial charge is 0.224 e. The maximum atomic E-state index is 12.1. The van der Waals surface area contributed by atoms with E-state index in [0.717, 1.165) is 36.7 Å². The Morgan fingerprint density at radius 2 is 2.00 bits per heavy atom. The number of carbonyl (C=O) groups is 1. The zero-order valence-corrected chi connectivity index (χ0v) is 14.6. The fourth-order valence-electron chi connectivity index (χ4n) is 2.79. The molecule has 2 aromatic rings. The summed E-state index contributed by atoms with van der Waals surface area (Å²) in [6.07, 6.45) is 1.37. The lowest BCUT2D eigenvalue weighted by molar-refractivity contribution is -0.116. The summed E-state index contributed by atoms with van der Waals surface area (Å²) < 4.78 is 5.11. The first-order chi connectivity index (χ1) is 11.8. The second-order valence-electron chi connectivity index (χ2n) is 5.68. The van der Waals surface area contributed by atoms with Gasteiger partial charge in [0, 0.05) is 35.8 Å². The third kappa shape index (κ3) is 4.23. The first-order valence-corrected chi connectivity index (χ1v) is 9.15. The number of thioether (sulfide) groups is 1. The van der Waals surface area contributed by atoms with E-state index in [0.29, 0.717) is 6.42 Å². The fourth-order valence-corrected chi connectivity index (χ4v) is 3.84. The second-order valence-corrected chi connectivity index (χ2v) is 6.82. The number of nitrogens with zero attached hydrogens (tertiary/aromatic N) is 1. The zero-order chi connectivity index (χ0) is 16.8. The number of rotatable bonds is 6. The lowest BCUT2D eigenvalue weighted by Gasteiger charge is -2.30. The van der Waals surface area contributed by atoms with Crippen LogP contribution in [0.1, 0.15) is 12.8 Å². The van der Waals surface area contributed by atoms with Gasteiger partial charge in [0.05, 0.1) is 12.8 Å². The molecule has 0 fully saturated rings. The van der Waals surface area contributed by atoms with Crippen molar-refractivity contribution in [2.45, 2.75) is 17.7 Å². The quantitative estimate of drug-likeness (QED) is 0.861. The van der Waals surface area contributed by atoms with E-state index in [1.165, 1.54) is 10.6 Å². The Labute approximate surface area is 147 Å². The number of anilines is 2. The SMILES string of the molecule is COc1ccc(NC(=O)CCCN2CCSc3ccccc32)cc1. The molecule has 0 unspecified atom stereocenters. The third-order valence-electron chi connectivity index (χ3n) is 4.03. The molecule has 126 valence electrons. The van der Waals surface area contributed by atoms with Gasteiger partial charge in [-0.2, -0.15) is 0 Å². The van der Waals surface area contributed by atoms with Crippen molar-refractivity contribution >= 4 is 29.0 Å². The molecule has 1 amide bonds. The number of benzene rings is 2. The molecule has 1 aliphatic rings. The molecule has 4 nitrogen and oxygen atoms in total. The van der Waals surface area contributed by atoms with Crippen molar-refractivity contribution in [3.63, 3.8) is 0 Å². The van der Waals surface area contributed by atoms with Gasteiger partial charge in [-0.3, -0.25) is 4.79 Å². The van der Waals surface area contributed by atoms with E-state index in [9.17, 15) is 4.79 Å². The van der Waals surface area contributed by atoms with Crippen molar-refractivity contribution in [1.29, 1.82) is 0 Å². The van der Waals surface area contributed by atoms with Gasteiger partial charge < -0.3 is 15.0 Å². The van der Waals surface area contributed by atoms with E-state index in [1.807, 2.05) is 36.0 Å². The van der Waals surface area contributed by atoms with Gasteiger partial charge in [-0.25, -0.2) is 0 Å². The summed E-state index contributed by atoms with van der Waals surface area (Å²) in [4.78, 5) is 15.8. The van der Waals surface area contributed by atoms with Gasteiger partial charge in [0.25, 0.3) is 0 Å². The Bertz CT molecular complexity index is 688. The van der Waals surface area contributed by atoms with E-state index in [2.05, 4.69) is 34.5 Å². The van der Waals surface area contributed by atoms with Gasteiger partial charge in [0.2, 0.25) is 5.91 Å². The largest absolute Gasteiger partial charge is 0.497 e. The summed E-state index contributed by atoms with van der Waals surface area (Å²) in [5, 5.41) is 2.93. The maximum absolute atomic E-state index is 12.1. The van der Waals surface area contributed by atoms with E-state index < -0.39 is 0 Å². The van der Waals surface area contributed by atoms with Crippen LogP contribution in [0.25, 0.3) is 0 Å². The first kappa shape index (κ1) is 16.7. The van der Waals surface area contributed by atoms with Crippen LogP contribution in [0.5, 0.6) is 5.75 Å². The van der Waals surface area contributed by atoms with Gasteiger partial charge in [-0.05, 0) is 42.8 Å². The minimum absolute atomic E-state index is 0.0554.